The summed E-state index contributed by atoms with van der Waals surface area (Å²) in [7, 11) is -4.47. The first-order valence-electron chi connectivity index (χ1n) is 11.5. The van der Waals surface area contributed by atoms with Gasteiger partial charge in [0.15, 0.2) is 0 Å². The second kappa shape index (κ2) is 15.7. The first-order chi connectivity index (χ1) is 14.9. The van der Waals surface area contributed by atoms with Crippen LogP contribution in [0.25, 0.3) is 0 Å². The van der Waals surface area contributed by atoms with Crippen LogP contribution >= 0.6 is 0 Å². The van der Waals surface area contributed by atoms with Crippen LogP contribution in [0.1, 0.15) is 83.1 Å². The Balaban J connectivity index is 0.00000512. The molecule has 0 bridgehead atoms. The third-order valence-electron chi connectivity index (χ3n) is 5.43. The number of aryl methyl sites for hydroxylation is 1. The van der Waals surface area contributed by atoms with Crippen LogP contribution in [0.5, 0.6) is 17.2 Å². The van der Waals surface area contributed by atoms with E-state index in [1.165, 1.54) is 57.4 Å². The van der Waals surface area contributed by atoms with Gasteiger partial charge in [0.1, 0.15) is 11.5 Å². The van der Waals surface area contributed by atoms with Crippen LogP contribution in [0.3, 0.4) is 0 Å². The molecule has 32 heavy (non-hydrogen) atoms. The van der Waals surface area contributed by atoms with Crippen LogP contribution < -0.4 is 39.4 Å². The second-order valence-electron chi connectivity index (χ2n) is 8.08. The predicted octanol–water partition coefficient (Wildman–Crippen LogP) is 3.66. The number of para-hydroxylation sites is 1. The molecular weight excluding hydrogens is 435 g/mol. The van der Waals surface area contributed by atoms with Crippen LogP contribution in [0.2, 0.25) is 0 Å². The van der Waals surface area contributed by atoms with E-state index in [2.05, 4.69) is 6.92 Å². The zero-order valence-corrected chi connectivity index (χ0v) is 22.3. The first-order valence-corrected chi connectivity index (χ1v) is 12.9. The van der Waals surface area contributed by atoms with Gasteiger partial charge in [0.2, 0.25) is 0 Å². The molecule has 5 nitrogen and oxygen atoms in total. The van der Waals surface area contributed by atoms with Crippen LogP contribution in [-0.4, -0.2) is 13.0 Å². The minimum Gasteiger partial charge on any atom is -0.870 e. The molecule has 0 aromatic heterocycles. The summed E-state index contributed by atoms with van der Waals surface area (Å²) in [5.41, 5.74) is 0.420. The number of unbranched alkanes of at least 4 members (excludes halogenated alkanes) is 10. The normalized spacial score (nSPS) is 11.2. The van der Waals surface area contributed by atoms with Gasteiger partial charge in [-0.2, -0.15) is 8.42 Å². The molecule has 2 rings (SSSR count). The van der Waals surface area contributed by atoms with Gasteiger partial charge in [-0.3, -0.25) is 4.55 Å². The maximum atomic E-state index is 12.3. The molecule has 0 unspecified atom stereocenters. The summed E-state index contributed by atoms with van der Waals surface area (Å²) in [5, 5.41) is 12.3. The Hall–Kier alpha value is -1.05. The van der Waals surface area contributed by atoms with Gasteiger partial charge in [0.05, 0.1) is 4.90 Å². The number of ether oxygens (including phenoxy) is 1. The van der Waals surface area contributed by atoms with E-state index >= 15 is 0 Å². The molecule has 0 aliphatic carbocycles. The maximum Gasteiger partial charge on any atom is 1.00 e. The summed E-state index contributed by atoms with van der Waals surface area (Å²) in [5.74, 6) is -0.00399. The molecule has 0 radical (unpaired) electrons. The Kier molecular flexibility index (Phi) is 14.2. The van der Waals surface area contributed by atoms with Crippen LogP contribution in [0.4, 0.5) is 0 Å². The van der Waals surface area contributed by atoms with E-state index in [0.717, 1.165) is 25.3 Å². The SMILES string of the molecule is CCCCCCCCCCCCCc1cc(Oc2ccccc2)c([O-])cc1S(=O)(=O)O.[Na+]. The molecular formula is C25H35NaO5S. The molecule has 0 fully saturated rings. The maximum absolute atomic E-state index is 12.3. The summed E-state index contributed by atoms with van der Waals surface area (Å²) >= 11 is 0. The molecule has 0 aliphatic heterocycles. The second-order valence-corrected chi connectivity index (χ2v) is 9.47. The van der Waals surface area contributed by atoms with Crippen molar-refractivity contribution in [3.05, 3.63) is 48.0 Å². The molecule has 1 N–H and O–H groups in total. The van der Waals surface area contributed by atoms with Crippen molar-refractivity contribution >= 4 is 10.1 Å². The molecule has 0 atom stereocenters. The largest absolute Gasteiger partial charge is 1.00 e. The van der Waals surface area contributed by atoms with Gasteiger partial charge in [-0.15, -0.1) is 0 Å². The van der Waals surface area contributed by atoms with Crippen molar-refractivity contribution in [3.63, 3.8) is 0 Å². The molecule has 0 saturated carbocycles. The van der Waals surface area contributed by atoms with Crippen molar-refractivity contribution in [2.75, 3.05) is 0 Å². The van der Waals surface area contributed by atoms with E-state index in [4.69, 9.17) is 4.74 Å². The Bertz CT molecular complexity index is 885. The van der Waals surface area contributed by atoms with E-state index < -0.39 is 15.9 Å². The van der Waals surface area contributed by atoms with Gasteiger partial charge < -0.3 is 9.84 Å². The molecule has 2 aromatic rings. The predicted molar refractivity (Wildman–Crippen MR) is 122 cm³/mol. The smallest absolute Gasteiger partial charge is 0.870 e. The Morgan fingerprint density at radius 2 is 1.38 bits per heavy atom. The molecule has 0 saturated heterocycles. The Morgan fingerprint density at radius 1 is 0.844 bits per heavy atom. The minimum atomic E-state index is -4.47. The molecule has 172 valence electrons. The summed E-state index contributed by atoms with van der Waals surface area (Å²) in [6, 6.07) is 11.3. The topological polar surface area (TPSA) is 86.7 Å². The van der Waals surface area contributed by atoms with Crippen LogP contribution in [0, 0.1) is 0 Å². The van der Waals surface area contributed by atoms with Crippen LogP contribution in [-0.2, 0) is 16.5 Å². The van der Waals surface area contributed by atoms with E-state index in [-0.39, 0.29) is 40.2 Å². The molecule has 0 spiro atoms. The van der Waals surface area contributed by atoms with Gasteiger partial charge in [-0.25, -0.2) is 0 Å². The van der Waals surface area contributed by atoms with E-state index in [9.17, 15) is 18.1 Å². The summed E-state index contributed by atoms with van der Waals surface area (Å²) < 4.78 is 38.7. The van der Waals surface area contributed by atoms with Crippen molar-refractivity contribution in [2.24, 2.45) is 0 Å². The van der Waals surface area contributed by atoms with Crippen molar-refractivity contribution in [3.8, 4) is 17.2 Å². The zero-order valence-electron chi connectivity index (χ0n) is 19.5. The van der Waals surface area contributed by atoms with Crippen molar-refractivity contribution in [1.29, 1.82) is 0 Å². The number of hydrogen-bond acceptors (Lipinski definition) is 4. The third kappa shape index (κ3) is 10.7. The van der Waals surface area contributed by atoms with Crippen molar-refractivity contribution in [1.82, 2.24) is 0 Å². The van der Waals surface area contributed by atoms with E-state index in [1.807, 2.05) is 6.07 Å². The zero-order chi connectivity index (χ0) is 22.5. The Labute approximate surface area is 215 Å². The standard InChI is InChI=1S/C25H36O5S.Na/c1-2-3-4-5-6-7-8-9-10-11-13-16-21-19-24(30-22-17-14-12-15-18-22)23(26)20-25(21)31(27,28)29;/h12,14-15,17-20,26H,2-11,13,16H2,1H3,(H,27,28,29);/q;+1/p-1. The third-order valence-corrected chi connectivity index (χ3v) is 6.36. The summed E-state index contributed by atoms with van der Waals surface area (Å²) in [6.45, 7) is 2.23. The fraction of sp³-hybridized carbons (Fsp3) is 0.520. The average molecular weight is 471 g/mol. The average Bonchev–Trinajstić information content (AvgIpc) is 2.74. The van der Waals surface area contributed by atoms with Gasteiger partial charge in [-0.05, 0) is 42.7 Å². The molecule has 2 aromatic carbocycles. The fourth-order valence-corrected chi connectivity index (χ4v) is 4.44. The van der Waals surface area contributed by atoms with Gasteiger partial charge >= 0.3 is 29.6 Å². The van der Waals surface area contributed by atoms with E-state index in [1.54, 1.807) is 24.3 Å². The molecule has 0 aliphatic rings. The number of benzene rings is 2. The molecule has 7 heteroatoms. The first kappa shape index (κ1) is 29.0. The van der Waals surface area contributed by atoms with Crippen molar-refractivity contribution in [2.45, 2.75) is 88.9 Å². The van der Waals surface area contributed by atoms with Gasteiger partial charge in [0.25, 0.3) is 10.1 Å². The van der Waals surface area contributed by atoms with Gasteiger partial charge in [0, 0.05) is 0 Å². The van der Waals surface area contributed by atoms with Crippen LogP contribution in [0.15, 0.2) is 47.4 Å². The number of rotatable bonds is 15. The molecule has 0 heterocycles. The van der Waals surface area contributed by atoms with E-state index in [0.29, 0.717) is 17.7 Å². The molecule has 0 amide bonds. The fourth-order valence-electron chi connectivity index (χ4n) is 3.69. The quantitative estimate of drug-likeness (QED) is 0.244. The van der Waals surface area contributed by atoms with Gasteiger partial charge in [-0.1, -0.05) is 95.1 Å². The Morgan fingerprint density at radius 3 is 1.91 bits per heavy atom. The number of hydrogen-bond donors (Lipinski definition) is 1. The summed E-state index contributed by atoms with van der Waals surface area (Å²) in [4.78, 5) is -0.315. The minimum absolute atomic E-state index is 0. The summed E-state index contributed by atoms with van der Waals surface area (Å²) in [6.07, 6.45) is 13.6. The monoisotopic (exact) mass is 470 g/mol. The van der Waals surface area contributed by atoms with Crippen molar-refractivity contribution < 1.29 is 52.4 Å².